The summed E-state index contributed by atoms with van der Waals surface area (Å²) in [5.41, 5.74) is -0.674. The van der Waals surface area contributed by atoms with Crippen molar-refractivity contribution < 1.29 is 27.5 Å². The van der Waals surface area contributed by atoms with Crippen molar-refractivity contribution in [3.05, 3.63) is 53.7 Å². The number of benzene rings is 1. The lowest BCUT2D eigenvalue weighted by Crippen LogP contribution is -2.43. The van der Waals surface area contributed by atoms with E-state index in [2.05, 4.69) is 10.3 Å². The quantitative estimate of drug-likeness (QED) is 0.590. The normalized spacial score (nSPS) is 14.6. The molecule has 0 radical (unpaired) electrons. The molecular formula is C23H26F3N3O3. The fraction of sp³-hybridized carbons (Fsp3) is 0.435. The molecule has 0 aliphatic heterocycles. The molecule has 0 spiro atoms. The molecule has 3 rings (SSSR count). The number of anilines is 2. The van der Waals surface area contributed by atoms with Crippen molar-refractivity contribution in [2.75, 3.05) is 18.5 Å². The molecule has 1 amide bonds. The third-order valence-corrected chi connectivity index (χ3v) is 5.48. The molecule has 1 aliphatic rings. The predicted molar refractivity (Wildman–Crippen MR) is 114 cm³/mol. The number of nitrogens with zero attached hydrogens (tertiary/aromatic N) is 2. The molecule has 1 N–H and O–H groups in total. The number of esters is 1. The lowest BCUT2D eigenvalue weighted by molar-refractivity contribution is -0.138. The van der Waals surface area contributed by atoms with Gasteiger partial charge in [0.2, 0.25) is 0 Å². The van der Waals surface area contributed by atoms with Crippen LogP contribution in [0.1, 0.15) is 54.9 Å². The van der Waals surface area contributed by atoms with Gasteiger partial charge in [0.25, 0.3) is 5.91 Å². The first-order valence-electron chi connectivity index (χ1n) is 10.7. The Bertz CT molecular complexity index is 943. The highest BCUT2D eigenvalue weighted by Gasteiger charge is 2.30. The van der Waals surface area contributed by atoms with Gasteiger partial charge in [0.15, 0.2) is 6.61 Å². The Hall–Kier alpha value is -3.10. The number of aromatic nitrogens is 1. The molecule has 1 saturated carbocycles. The zero-order chi connectivity index (χ0) is 23.1. The number of ether oxygens (including phenoxy) is 1. The minimum Gasteiger partial charge on any atom is -0.452 e. The second-order valence-electron chi connectivity index (χ2n) is 7.65. The smallest absolute Gasteiger partial charge is 0.416 e. The average molecular weight is 449 g/mol. The molecule has 1 aliphatic carbocycles. The number of nitrogens with one attached hydrogen (secondary N) is 1. The Morgan fingerprint density at radius 1 is 1.16 bits per heavy atom. The summed E-state index contributed by atoms with van der Waals surface area (Å²) in [5.74, 6) is -0.992. The number of alkyl halides is 3. The number of halogens is 3. The van der Waals surface area contributed by atoms with Gasteiger partial charge < -0.3 is 15.0 Å². The Balaban J connectivity index is 1.67. The van der Waals surface area contributed by atoms with Crippen molar-refractivity contribution in [2.24, 2.45) is 0 Å². The second kappa shape index (κ2) is 10.5. The number of likely N-dealkylation sites (N-methyl/N-ethyl adjacent to an activating group) is 1. The highest BCUT2D eigenvalue weighted by atomic mass is 19.4. The van der Waals surface area contributed by atoms with Crippen molar-refractivity contribution in [2.45, 2.75) is 51.2 Å². The average Bonchev–Trinajstić information content (AvgIpc) is 2.79. The highest BCUT2D eigenvalue weighted by molar-refractivity contribution is 5.96. The third kappa shape index (κ3) is 5.99. The van der Waals surface area contributed by atoms with Gasteiger partial charge in [-0.25, -0.2) is 9.78 Å². The van der Waals surface area contributed by atoms with E-state index in [9.17, 15) is 22.8 Å². The summed E-state index contributed by atoms with van der Waals surface area (Å²) in [4.78, 5) is 31.0. The zero-order valence-corrected chi connectivity index (χ0v) is 17.8. The Kier molecular flexibility index (Phi) is 7.71. The summed E-state index contributed by atoms with van der Waals surface area (Å²) in [5, 5.41) is 2.73. The molecular weight excluding hydrogens is 423 g/mol. The number of pyridine rings is 1. The van der Waals surface area contributed by atoms with E-state index in [-0.39, 0.29) is 29.0 Å². The Morgan fingerprint density at radius 3 is 2.59 bits per heavy atom. The Labute approximate surface area is 184 Å². The van der Waals surface area contributed by atoms with Gasteiger partial charge in [-0.1, -0.05) is 25.3 Å². The summed E-state index contributed by atoms with van der Waals surface area (Å²) in [6, 6.07) is 7.69. The van der Waals surface area contributed by atoms with Crippen LogP contribution in [-0.2, 0) is 15.7 Å². The van der Waals surface area contributed by atoms with Gasteiger partial charge in [0.05, 0.1) is 5.56 Å². The van der Waals surface area contributed by atoms with Gasteiger partial charge >= 0.3 is 12.1 Å². The van der Waals surface area contributed by atoms with Crippen molar-refractivity contribution in [3.63, 3.8) is 0 Å². The van der Waals surface area contributed by atoms with Crippen LogP contribution < -0.4 is 5.32 Å². The van der Waals surface area contributed by atoms with E-state index in [1.54, 1.807) is 4.90 Å². The fourth-order valence-corrected chi connectivity index (χ4v) is 3.90. The van der Waals surface area contributed by atoms with Crippen LogP contribution in [0.15, 0.2) is 42.6 Å². The first-order chi connectivity index (χ1) is 15.3. The van der Waals surface area contributed by atoms with Gasteiger partial charge in [-0.3, -0.25) is 4.79 Å². The maximum Gasteiger partial charge on any atom is 0.416 e. The lowest BCUT2D eigenvalue weighted by atomic mass is 9.94. The number of rotatable bonds is 7. The van der Waals surface area contributed by atoms with Gasteiger partial charge in [-0.2, -0.15) is 13.2 Å². The van der Waals surface area contributed by atoms with E-state index in [0.717, 1.165) is 37.8 Å². The van der Waals surface area contributed by atoms with Crippen LogP contribution >= 0.6 is 0 Å². The Morgan fingerprint density at radius 2 is 1.91 bits per heavy atom. The standard InChI is InChI=1S/C23H26F3N3O3/c1-2-29(18-10-4-3-5-11-18)20(30)15-32-22(31)19-12-7-13-27-21(19)28-17-9-6-8-16(14-17)23(24,25)26/h6-9,12-14,18H,2-5,10-11,15H2,1H3,(H,27,28). The number of carbonyl (C=O) groups excluding carboxylic acids is 2. The van der Waals surface area contributed by atoms with E-state index < -0.39 is 24.3 Å². The van der Waals surface area contributed by atoms with Crippen LogP contribution in [0, 0.1) is 0 Å². The molecule has 1 fully saturated rings. The summed E-state index contributed by atoms with van der Waals surface area (Å²) < 4.78 is 44.1. The first-order valence-corrected chi connectivity index (χ1v) is 10.7. The van der Waals surface area contributed by atoms with E-state index in [0.29, 0.717) is 6.54 Å². The third-order valence-electron chi connectivity index (χ3n) is 5.48. The maximum absolute atomic E-state index is 13.0. The molecule has 1 aromatic heterocycles. The van der Waals surface area contributed by atoms with Gasteiger partial charge in [0.1, 0.15) is 11.4 Å². The number of hydrogen-bond acceptors (Lipinski definition) is 5. The van der Waals surface area contributed by atoms with Crippen LogP contribution in [0.2, 0.25) is 0 Å². The first kappa shape index (κ1) is 23.6. The van der Waals surface area contributed by atoms with E-state index in [4.69, 9.17) is 4.74 Å². The molecule has 6 nitrogen and oxygen atoms in total. The summed E-state index contributed by atoms with van der Waals surface area (Å²) in [6.07, 6.45) is 2.12. The number of carbonyl (C=O) groups is 2. The van der Waals surface area contributed by atoms with Crippen LogP contribution in [0.3, 0.4) is 0 Å². The van der Waals surface area contributed by atoms with Gasteiger partial charge in [0, 0.05) is 24.5 Å². The van der Waals surface area contributed by atoms with Crippen LogP contribution in [0.4, 0.5) is 24.7 Å². The molecule has 0 unspecified atom stereocenters. The predicted octanol–water partition coefficient (Wildman–Crippen LogP) is 5.18. The van der Waals surface area contributed by atoms with E-state index in [1.807, 2.05) is 6.92 Å². The monoisotopic (exact) mass is 449 g/mol. The van der Waals surface area contributed by atoms with Crippen molar-refractivity contribution in [3.8, 4) is 0 Å². The SMILES string of the molecule is CCN(C(=O)COC(=O)c1cccnc1Nc1cccc(C(F)(F)F)c1)C1CCCCC1. The van der Waals surface area contributed by atoms with Crippen molar-refractivity contribution in [1.82, 2.24) is 9.88 Å². The van der Waals surface area contributed by atoms with Crippen LogP contribution in [0.5, 0.6) is 0 Å². The van der Waals surface area contributed by atoms with Crippen molar-refractivity contribution >= 4 is 23.4 Å². The van der Waals surface area contributed by atoms with E-state index in [1.165, 1.54) is 36.9 Å². The number of hydrogen-bond donors (Lipinski definition) is 1. The minimum absolute atomic E-state index is 0.0263. The highest BCUT2D eigenvalue weighted by Crippen LogP contribution is 2.31. The molecule has 0 bridgehead atoms. The molecule has 32 heavy (non-hydrogen) atoms. The van der Waals surface area contributed by atoms with Crippen LogP contribution in [0.25, 0.3) is 0 Å². The summed E-state index contributed by atoms with van der Waals surface area (Å²) >= 11 is 0. The van der Waals surface area contributed by atoms with Crippen molar-refractivity contribution in [1.29, 1.82) is 0 Å². The molecule has 0 atom stereocenters. The summed E-state index contributed by atoms with van der Waals surface area (Å²) in [6.45, 7) is 2.03. The number of amides is 1. The molecule has 9 heteroatoms. The second-order valence-corrected chi connectivity index (χ2v) is 7.65. The molecule has 1 aromatic carbocycles. The van der Waals surface area contributed by atoms with E-state index >= 15 is 0 Å². The minimum atomic E-state index is -4.49. The summed E-state index contributed by atoms with van der Waals surface area (Å²) in [7, 11) is 0. The molecule has 2 aromatic rings. The molecule has 172 valence electrons. The lowest BCUT2D eigenvalue weighted by Gasteiger charge is -2.33. The fourth-order valence-electron chi connectivity index (χ4n) is 3.90. The van der Waals surface area contributed by atoms with Crippen LogP contribution in [-0.4, -0.2) is 41.0 Å². The topological polar surface area (TPSA) is 71.5 Å². The largest absolute Gasteiger partial charge is 0.452 e. The maximum atomic E-state index is 13.0. The molecule has 0 saturated heterocycles. The van der Waals surface area contributed by atoms with Gasteiger partial charge in [-0.05, 0) is 50.1 Å². The molecule has 1 heterocycles. The zero-order valence-electron chi connectivity index (χ0n) is 17.8. The van der Waals surface area contributed by atoms with Gasteiger partial charge in [-0.15, -0.1) is 0 Å².